The Bertz CT molecular complexity index is 1100. The molecular weight excluding hydrogens is 350 g/mol. The predicted molar refractivity (Wildman–Crippen MR) is 121 cm³/mol. The normalized spacial score (nSPS) is 16.0. The van der Waals surface area contributed by atoms with Gasteiger partial charge in [0.05, 0.1) is 5.56 Å². The Labute approximate surface area is 175 Å². The Balaban J connectivity index is 1.67. The third-order valence-corrected chi connectivity index (χ3v) is 7.42. The molecule has 1 heterocycles. The number of nitrogens with zero attached hydrogens (tertiary/aromatic N) is 1. The summed E-state index contributed by atoms with van der Waals surface area (Å²) in [5.74, 6) is 0.760. The molecule has 29 heavy (non-hydrogen) atoms. The zero-order valence-electron chi connectivity index (χ0n) is 18.3. The van der Waals surface area contributed by atoms with E-state index in [4.69, 9.17) is 0 Å². The molecule has 1 fully saturated rings. The molecule has 2 aliphatic rings. The maximum absolute atomic E-state index is 2.42. The molecule has 0 bridgehead atoms. The van der Waals surface area contributed by atoms with Crippen molar-refractivity contribution in [2.24, 2.45) is 7.05 Å². The van der Waals surface area contributed by atoms with Crippen LogP contribution in [-0.2, 0) is 13.5 Å². The fraction of sp³-hybridized carbons (Fsp3) is 0.393. The van der Waals surface area contributed by atoms with Crippen LogP contribution in [0.4, 0.5) is 0 Å². The molecule has 0 amide bonds. The summed E-state index contributed by atoms with van der Waals surface area (Å²) in [4.78, 5) is 0. The third kappa shape index (κ3) is 3.03. The molecule has 1 saturated carbocycles. The average Bonchev–Trinajstić information content (AvgIpc) is 3.10. The fourth-order valence-electron chi connectivity index (χ4n) is 5.72. The Morgan fingerprint density at radius 1 is 0.793 bits per heavy atom. The molecule has 1 heteroatoms. The van der Waals surface area contributed by atoms with Gasteiger partial charge in [-0.15, -0.1) is 0 Å². The van der Waals surface area contributed by atoms with Crippen LogP contribution in [0.3, 0.4) is 0 Å². The summed E-state index contributed by atoms with van der Waals surface area (Å²) in [5.41, 5.74) is 14.6. The summed E-state index contributed by atoms with van der Waals surface area (Å²) in [6.07, 6.45) is 10.3. The van der Waals surface area contributed by atoms with Crippen molar-refractivity contribution in [3.8, 4) is 22.4 Å². The first-order chi connectivity index (χ1) is 14.0. The van der Waals surface area contributed by atoms with Crippen LogP contribution in [0.2, 0.25) is 0 Å². The van der Waals surface area contributed by atoms with E-state index in [1.54, 1.807) is 11.1 Å². The number of hydrogen-bond acceptors (Lipinski definition) is 0. The second kappa shape index (κ2) is 7.13. The summed E-state index contributed by atoms with van der Waals surface area (Å²) in [6, 6.07) is 14.1. The van der Waals surface area contributed by atoms with Crippen molar-refractivity contribution in [1.29, 1.82) is 0 Å². The van der Waals surface area contributed by atoms with Crippen LogP contribution in [0.15, 0.2) is 42.6 Å². The van der Waals surface area contributed by atoms with E-state index in [1.807, 2.05) is 0 Å². The summed E-state index contributed by atoms with van der Waals surface area (Å²) >= 11 is 0. The van der Waals surface area contributed by atoms with Crippen LogP contribution >= 0.6 is 0 Å². The topological polar surface area (TPSA) is 3.88 Å². The number of aryl methyl sites for hydroxylation is 4. The number of rotatable bonds is 2. The van der Waals surface area contributed by atoms with Gasteiger partial charge in [-0.2, -0.15) is 0 Å². The van der Waals surface area contributed by atoms with Gasteiger partial charge in [0, 0.05) is 11.6 Å². The van der Waals surface area contributed by atoms with Crippen molar-refractivity contribution in [2.45, 2.75) is 65.2 Å². The van der Waals surface area contributed by atoms with E-state index in [-0.39, 0.29) is 0 Å². The summed E-state index contributed by atoms with van der Waals surface area (Å²) in [7, 11) is 2.19. The molecule has 3 aromatic rings. The number of benzene rings is 2. The first kappa shape index (κ1) is 18.6. The van der Waals surface area contributed by atoms with E-state index in [2.05, 4.69) is 75.0 Å². The van der Waals surface area contributed by atoms with Gasteiger partial charge in [0.25, 0.3) is 0 Å². The van der Waals surface area contributed by atoms with Crippen LogP contribution < -0.4 is 4.57 Å². The largest absolute Gasteiger partial charge is 0.213 e. The molecule has 148 valence electrons. The van der Waals surface area contributed by atoms with Crippen molar-refractivity contribution >= 4 is 0 Å². The lowest BCUT2D eigenvalue weighted by Crippen LogP contribution is -2.32. The van der Waals surface area contributed by atoms with E-state index < -0.39 is 0 Å². The third-order valence-electron chi connectivity index (χ3n) is 7.42. The van der Waals surface area contributed by atoms with Crippen molar-refractivity contribution in [3.05, 3.63) is 76.0 Å². The minimum Gasteiger partial charge on any atom is -0.201 e. The number of aromatic nitrogens is 1. The highest BCUT2D eigenvalue weighted by Gasteiger charge is 2.30. The molecule has 0 unspecified atom stereocenters. The highest BCUT2D eigenvalue weighted by atomic mass is 14.9. The van der Waals surface area contributed by atoms with E-state index in [1.165, 1.54) is 76.7 Å². The quantitative estimate of drug-likeness (QED) is 0.339. The van der Waals surface area contributed by atoms with Gasteiger partial charge in [0.15, 0.2) is 6.20 Å². The molecule has 0 aliphatic heterocycles. The van der Waals surface area contributed by atoms with Gasteiger partial charge in [-0.05, 0) is 84.9 Å². The highest BCUT2D eigenvalue weighted by Crippen LogP contribution is 2.46. The lowest BCUT2D eigenvalue weighted by Gasteiger charge is -2.24. The summed E-state index contributed by atoms with van der Waals surface area (Å²) < 4.78 is 2.32. The molecule has 0 radical (unpaired) electrons. The number of fused-ring (bicyclic) bond motifs is 3. The van der Waals surface area contributed by atoms with Crippen molar-refractivity contribution in [3.63, 3.8) is 0 Å². The zero-order chi connectivity index (χ0) is 20.1. The first-order valence-corrected chi connectivity index (χ1v) is 11.3. The summed E-state index contributed by atoms with van der Waals surface area (Å²) in [6.45, 7) is 6.71. The molecule has 5 rings (SSSR count). The summed E-state index contributed by atoms with van der Waals surface area (Å²) in [5, 5.41) is 0. The molecule has 0 N–H and O–H groups in total. The van der Waals surface area contributed by atoms with Crippen LogP contribution in [0.25, 0.3) is 22.4 Å². The van der Waals surface area contributed by atoms with E-state index >= 15 is 0 Å². The Kier molecular flexibility index (Phi) is 4.57. The fourth-order valence-corrected chi connectivity index (χ4v) is 5.72. The molecule has 2 aliphatic carbocycles. The lowest BCUT2D eigenvalue weighted by molar-refractivity contribution is -0.660. The van der Waals surface area contributed by atoms with Crippen molar-refractivity contribution in [2.75, 3.05) is 0 Å². The molecular formula is C28H32N+. The van der Waals surface area contributed by atoms with Crippen LogP contribution in [0, 0.1) is 20.8 Å². The van der Waals surface area contributed by atoms with Gasteiger partial charge in [0.1, 0.15) is 7.05 Å². The molecule has 1 nitrogen and oxygen atoms in total. The number of hydrogen-bond donors (Lipinski definition) is 0. The Hall–Kier alpha value is -2.41. The second-order valence-electron chi connectivity index (χ2n) is 9.30. The van der Waals surface area contributed by atoms with Crippen LogP contribution in [-0.4, -0.2) is 0 Å². The van der Waals surface area contributed by atoms with E-state index in [0.29, 0.717) is 0 Å². The Morgan fingerprint density at radius 3 is 2.34 bits per heavy atom. The second-order valence-corrected chi connectivity index (χ2v) is 9.30. The smallest absolute Gasteiger partial charge is 0.201 e. The molecule has 0 saturated heterocycles. The maximum atomic E-state index is 2.42. The van der Waals surface area contributed by atoms with Gasteiger partial charge in [-0.25, -0.2) is 4.57 Å². The molecule has 0 atom stereocenters. The SMILES string of the molecule is Cc1cc(-c2c(C)ccc3c2Cc2c-3cccc2C2CCCCC2)[n+](C)cc1C. The van der Waals surface area contributed by atoms with Crippen LogP contribution in [0.5, 0.6) is 0 Å². The first-order valence-electron chi connectivity index (χ1n) is 11.3. The molecule has 0 spiro atoms. The highest BCUT2D eigenvalue weighted by molar-refractivity contribution is 5.85. The minimum atomic E-state index is 0.760. The number of pyridine rings is 1. The van der Waals surface area contributed by atoms with Crippen LogP contribution in [0.1, 0.15) is 71.4 Å². The monoisotopic (exact) mass is 382 g/mol. The Morgan fingerprint density at radius 2 is 1.55 bits per heavy atom. The predicted octanol–water partition coefficient (Wildman–Crippen LogP) is 6.72. The lowest BCUT2D eigenvalue weighted by atomic mass is 9.81. The maximum Gasteiger partial charge on any atom is 0.213 e. The standard InChI is InChI=1S/C28H32N/c1-18-13-14-24-23-12-8-11-22(21-9-6-5-7-10-21)25(23)16-26(24)28(18)27-15-19(2)20(3)17-29(27)4/h8,11-15,17,21H,5-7,9-10,16H2,1-4H3/q+1. The van der Waals surface area contributed by atoms with Crippen molar-refractivity contribution in [1.82, 2.24) is 0 Å². The van der Waals surface area contributed by atoms with Gasteiger partial charge in [-0.3, -0.25) is 0 Å². The molecule has 2 aromatic carbocycles. The molecule has 1 aromatic heterocycles. The zero-order valence-corrected chi connectivity index (χ0v) is 18.3. The van der Waals surface area contributed by atoms with Crippen molar-refractivity contribution < 1.29 is 4.57 Å². The average molecular weight is 383 g/mol. The van der Waals surface area contributed by atoms with Gasteiger partial charge in [0.2, 0.25) is 5.69 Å². The van der Waals surface area contributed by atoms with E-state index in [9.17, 15) is 0 Å². The van der Waals surface area contributed by atoms with E-state index in [0.717, 1.165) is 12.3 Å². The van der Waals surface area contributed by atoms with Gasteiger partial charge in [-0.1, -0.05) is 49.6 Å². The minimum absolute atomic E-state index is 0.760. The van der Waals surface area contributed by atoms with Gasteiger partial charge < -0.3 is 0 Å². The van der Waals surface area contributed by atoms with Gasteiger partial charge >= 0.3 is 0 Å².